The number of hydrogen-bond acceptors (Lipinski definition) is 2. The first-order chi connectivity index (χ1) is 10.0. The maximum Gasteiger partial charge on any atom is 0.328 e. The van der Waals surface area contributed by atoms with Gasteiger partial charge in [0.2, 0.25) is 0 Å². The van der Waals surface area contributed by atoms with Crippen LogP contribution in [0.15, 0.2) is 48.5 Å². The number of methoxy groups -OCH3 is 1. The van der Waals surface area contributed by atoms with Gasteiger partial charge in [-0.1, -0.05) is 18.2 Å². The topological polar surface area (TPSA) is 46.5 Å². The predicted molar refractivity (Wildman–Crippen MR) is 79.7 cm³/mol. The molecule has 0 aromatic heterocycles. The van der Waals surface area contributed by atoms with Crippen molar-refractivity contribution in [3.05, 3.63) is 59.9 Å². The highest BCUT2D eigenvalue weighted by Crippen LogP contribution is 2.28. The zero-order valence-corrected chi connectivity index (χ0v) is 11.8. The minimum atomic E-state index is -1.01. The van der Waals surface area contributed by atoms with Crippen molar-refractivity contribution in [2.75, 3.05) is 7.11 Å². The molecule has 0 saturated carbocycles. The molecule has 21 heavy (non-hydrogen) atoms. The van der Waals surface area contributed by atoms with Crippen molar-refractivity contribution in [3.63, 3.8) is 0 Å². The molecule has 0 saturated heterocycles. The van der Waals surface area contributed by atoms with Crippen LogP contribution in [-0.2, 0) is 4.79 Å². The molecule has 2 aromatic rings. The van der Waals surface area contributed by atoms with E-state index in [0.29, 0.717) is 22.4 Å². The van der Waals surface area contributed by atoms with Crippen LogP contribution in [0.25, 0.3) is 16.7 Å². The predicted octanol–water partition coefficient (Wildman–Crippen LogP) is 3.99. The molecule has 2 aromatic carbocycles. The average Bonchev–Trinajstić information content (AvgIpc) is 2.46. The van der Waals surface area contributed by atoms with Gasteiger partial charge in [-0.3, -0.25) is 0 Å². The van der Waals surface area contributed by atoms with Crippen LogP contribution in [-0.4, -0.2) is 18.2 Å². The number of allylic oxidation sites excluding steroid dienone is 1. The highest BCUT2D eigenvalue weighted by Gasteiger charge is 2.08. The van der Waals surface area contributed by atoms with Crippen molar-refractivity contribution < 1.29 is 19.0 Å². The summed E-state index contributed by atoms with van der Waals surface area (Å²) in [6, 6.07) is 11.8. The van der Waals surface area contributed by atoms with E-state index < -0.39 is 5.97 Å². The minimum Gasteiger partial charge on any atom is -0.497 e. The number of carboxylic acid groups (broad SMARTS) is 1. The summed E-state index contributed by atoms with van der Waals surface area (Å²) in [5, 5.41) is 8.78. The van der Waals surface area contributed by atoms with Gasteiger partial charge in [0.1, 0.15) is 11.6 Å². The second-order valence-electron chi connectivity index (χ2n) is 4.59. The number of benzene rings is 2. The largest absolute Gasteiger partial charge is 0.497 e. The third-order valence-corrected chi connectivity index (χ3v) is 3.15. The number of rotatable bonds is 4. The molecule has 0 heterocycles. The van der Waals surface area contributed by atoms with E-state index in [1.807, 2.05) is 0 Å². The Morgan fingerprint density at radius 1 is 1.24 bits per heavy atom. The fourth-order valence-electron chi connectivity index (χ4n) is 2.06. The number of carboxylic acids is 1. The monoisotopic (exact) mass is 286 g/mol. The lowest BCUT2D eigenvalue weighted by molar-refractivity contribution is -0.131. The van der Waals surface area contributed by atoms with Crippen molar-refractivity contribution in [1.82, 2.24) is 0 Å². The standard InChI is InChI=1S/C17H15FO3/c1-11(8-17(19)20)12-4-3-5-13(9-12)15-7-6-14(21-2)10-16(15)18/h3-10H,1-2H3,(H,19,20)/b11-8+. The first kappa shape index (κ1) is 14.8. The summed E-state index contributed by atoms with van der Waals surface area (Å²) < 4.78 is 19.1. The molecule has 0 atom stereocenters. The molecule has 3 nitrogen and oxygen atoms in total. The molecule has 0 bridgehead atoms. The molecule has 2 rings (SSSR count). The molecule has 0 aliphatic rings. The molecule has 1 N–H and O–H groups in total. The Kier molecular flexibility index (Phi) is 4.38. The summed E-state index contributed by atoms with van der Waals surface area (Å²) in [6.45, 7) is 1.71. The first-order valence-corrected chi connectivity index (χ1v) is 6.37. The van der Waals surface area contributed by atoms with Crippen LogP contribution in [0.1, 0.15) is 12.5 Å². The Morgan fingerprint density at radius 3 is 2.62 bits per heavy atom. The molecule has 0 aliphatic heterocycles. The Labute approximate surface area is 122 Å². The molecular formula is C17H15FO3. The summed E-state index contributed by atoms with van der Waals surface area (Å²) in [5.74, 6) is -0.936. The Morgan fingerprint density at radius 2 is 2.00 bits per heavy atom. The Balaban J connectivity index is 2.44. The Hall–Kier alpha value is -2.62. The summed E-state index contributed by atoms with van der Waals surface area (Å²) >= 11 is 0. The van der Waals surface area contributed by atoms with E-state index in [9.17, 15) is 9.18 Å². The van der Waals surface area contributed by atoms with Crippen LogP contribution in [0.4, 0.5) is 4.39 Å². The summed E-state index contributed by atoms with van der Waals surface area (Å²) in [6.07, 6.45) is 1.13. The van der Waals surface area contributed by atoms with E-state index in [1.165, 1.54) is 13.2 Å². The third kappa shape index (κ3) is 3.48. The first-order valence-electron chi connectivity index (χ1n) is 6.37. The van der Waals surface area contributed by atoms with Crippen LogP contribution >= 0.6 is 0 Å². The van der Waals surface area contributed by atoms with Crippen molar-refractivity contribution in [3.8, 4) is 16.9 Å². The summed E-state index contributed by atoms with van der Waals surface area (Å²) in [5.41, 5.74) is 2.48. The second kappa shape index (κ2) is 6.22. The van der Waals surface area contributed by atoms with Crippen molar-refractivity contribution in [2.24, 2.45) is 0 Å². The normalized spacial score (nSPS) is 11.3. The molecule has 0 aliphatic carbocycles. The van der Waals surface area contributed by atoms with Gasteiger partial charge in [-0.05, 0) is 41.8 Å². The zero-order valence-electron chi connectivity index (χ0n) is 11.8. The lowest BCUT2D eigenvalue weighted by atomic mass is 9.99. The van der Waals surface area contributed by atoms with Gasteiger partial charge < -0.3 is 9.84 Å². The lowest BCUT2D eigenvalue weighted by Gasteiger charge is -2.08. The van der Waals surface area contributed by atoms with Gasteiger partial charge in [-0.25, -0.2) is 9.18 Å². The average molecular weight is 286 g/mol. The number of ether oxygens (including phenoxy) is 1. The fraction of sp³-hybridized carbons (Fsp3) is 0.118. The van der Waals surface area contributed by atoms with Crippen molar-refractivity contribution in [1.29, 1.82) is 0 Å². The zero-order chi connectivity index (χ0) is 15.4. The van der Waals surface area contributed by atoms with E-state index >= 15 is 0 Å². The molecule has 4 heteroatoms. The van der Waals surface area contributed by atoms with Crippen LogP contribution in [0.5, 0.6) is 5.75 Å². The smallest absolute Gasteiger partial charge is 0.328 e. The fourth-order valence-corrected chi connectivity index (χ4v) is 2.06. The van der Waals surface area contributed by atoms with E-state index in [-0.39, 0.29) is 5.82 Å². The molecule has 0 amide bonds. The van der Waals surface area contributed by atoms with Crippen LogP contribution in [0, 0.1) is 5.82 Å². The molecule has 0 spiro atoms. The van der Waals surface area contributed by atoms with Crippen molar-refractivity contribution >= 4 is 11.5 Å². The lowest BCUT2D eigenvalue weighted by Crippen LogP contribution is -1.91. The quantitative estimate of drug-likeness (QED) is 0.864. The van der Waals surface area contributed by atoms with E-state index in [2.05, 4.69) is 0 Å². The maximum absolute atomic E-state index is 14.1. The molecule has 0 fully saturated rings. The highest BCUT2D eigenvalue weighted by molar-refractivity contribution is 5.90. The molecule has 0 radical (unpaired) electrons. The Bertz CT molecular complexity index is 705. The van der Waals surface area contributed by atoms with E-state index in [0.717, 1.165) is 11.6 Å². The maximum atomic E-state index is 14.1. The van der Waals surface area contributed by atoms with Gasteiger partial charge in [0.15, 0.2) is 0 Å². The summed E-state index contributed by atoms with van der Waals surface area (Å²) in [7, 11) is 1.48. The number of halogens is 1. The second-order valence-corrected chi connectivity index (χ2v) is 4.59. The van der Waals surface area contributed by atoms with E-state index in [1.54, 1.807) is 43.3 Å². The summed E-state index contributed by atoms with van der Waals surface area (Å²) in [4.78, 5) is 10.7. The molecule has 108 valence electrons. The van der Waals surface area contributed by atoms with E-state index in [4.69, 9.17) is 9.84 Å². The van der Waals surface area contributed by atoms with Crippen molar-refractivity contribution in [2.45, 2.75) is 6.92 Å². The highest BCUT2D eigenvalue weighted by atomic mass is 19.1. The van der Waals surface area contributed by atoms with Gasteiger partial charge in [0.25, 0.3) is 0 Å². The van der Waals surface area contributed by atoms with Gasteiger partial charge >= 0.3 is 5.97 Å². The number of hydrogen-bond donors (Lipinski definition) is 1. The van der Waals surface area contributed by atoms with Crippen LogP contribution in [0.2, 0.25) is 0 Å². The van der Waals surface area contributed by atoms with Gasteiger partial charge in [0, 0.05) is 17.7 Å². The SMILES string of the molecule is COc1ccc(-c2cccc(/C(C)=C/C(=O)O)c2)c(F)c1. The number of carbonyl (C=O) groups is 1. The molecule has 0 unspecified atom stereocenters. The van der Waals surface area contributed by atoms with Gasteiger partial charge in [-0.15, -0.1) is 0 Å². The third-order valence-electron chi connectivity index (χ3n) is 3.15. The van der Waals surface area contributed by atoms with Gasteiger partial charge in [-0.2, -0.15) is 0 Å². The van der Waals surface area contributed by atoms with Crippen LogP contribution < -0.4 is 4.74 Å². The van der Waals surface area contributed by atoms with Crippen LogP contribution in [0.3, 0.4) is 0 Å². The van der Waals surface area contributed by atoms with Gasteiger partial charge in [0.05, 0.1) is 7.11 Å². The minimum absolute atomic E-state index is 0.383. The molecular weight excluding hydrogens is 271 g/mol. The number of aliphatic carboxylic acids is 1.